The highest BCUT2D eigenvalue weighted by molar-refractivity contribution is 6.34. The quantitative estimate of drug-likeness (QED) is 0.880. The summed E-state index contributed by atoms with van der Waals surface area (Å²) < 4.78 is 0. The molecule has 5 heteroatoms. The van der Waals surface area contributed by atoms with Crippen molar-refractivity contribution in [3.63, 3.8) is 0 Å². The Kier molecular flexibility index (Phi) is 3.55. The van der Waals surface area contributed by atoms with Crippen LogP contribution in [0.3, 0.4) is 0 Å². The zero-order valence-electron chi connectivity index (χ0n) is 11.7. The summed E-state index contributed by atoms with van der Waals surface area (Å²) >= 11 is 6.11. The molecule has 1 aliphatic rings. The number of halogens is 1. The highest BCUT2D eigenvalue weighted by Crippen LogP contribution is 2.31. The Morgan fingerprint density at radius 2 is 2.10 bits per heavy atom. The number of para-hydroxylation sites is 1. The van der Waals surface area contributed by atoms with Gasteiger partial charge in [0.25, 0.3) is 5.91 Å². The van der Waals surface area contributed by atoms with Crippen LogP contribution in [-0.2, 0) is 6.42 Å². The summed E-state index contributed by atoms with van der Waals surface area (Å²) in [6.45, 7) is 2.78. The van der Waals surface area contributed by atoms with Crippen LogP contribution >= 0.6 is 11.6 Å². The van der Waals surface area contributed by atoms with Gasteiger partial charge in [-0.2, -0.15) is 0 Å². The molecule has 0 saturated heterocycles. The van der Waals surface area contributed by atoms with E-state index in [0.29, 0.717) is 23.3 Å². The molecular formula is C16H16ClN3O. The second kappa shape index (κ2) is 5.37. The number of hydrogen-bond donors (Lipinski definition) is 1. The standard InChI is InChI=1S/C16H16ClN3O/c1-10-8-11-4-2-3-5-13(11)20(9-10)16(21)15-12(17)6-7-14(18)19-15/h2-7,10H,8-9H2,1H3,(H2,18,19). The number of amides is 1. The highest BCUT2D eigenvalue weighted by Gasteiger charge is 2.28. The van der Waals surface area contributed by atoms with Crippen LogP contribution in [0.15, 0.2) is 36.4 Å². The van der Waals surface area contributed by atoms with Gasteiger partial charge in [-0.25, -0.2) is 4.98 Å². The van der Waals surface area contributed by atoms with Gasteiger partial charge in [-0.05, 0) is 36.1 Å². The first kappa shape index (κ1) is 13.9. The number of rotatable bonds is 1. The summed E-state index contributed by atoms with van der Waals surface area (Å²) in [5, 5.41) is 0.324. The van der Waals surface area contributed by atoms with Crippen molar-refractivity contribution < 1.29 is 4.79 Å². The number of carbonyl (C=O) groups is 1. The van der Waals surface area contributed by atoms with Crippen molar-refractivity contribution in [1.82, 2.24) is 4.98 Å². The Bertz CT molecular complexity index is 702. The maximum absolute atomic E-state index is 12.8. The van der Waals surface area contributed by atoms with E-state index < -0.39 is 0 Å². The lowest BCUT2D eigenvalue weighted by Gasteiger charge is -2.33. The minimum Gasteiger partial charge on any atom is -0.384 e. The monoisotopic (exact) mass is 301 g/mol. The SMILES string of the molecule is CC1Cc2ccccc2N(C(=O)c2nc(N)ccc2Cl)C1. The van der Waals surface area contributed by atoms with Crippen molar-refractivity contribution in [2.24, 2.45) is 5.92 Å². The van der Waals surface area contributed by atoms with E-state index in [4.69, 9.17) is 17.3 Å². The number of nitrogen functional groups attached to an aromatic ring is 1. The molecule has 2 aromatic rings. The summed E-state index contributed by atoms with van der Waals surface area (Å²) in [6, 6.07) is 11.1. The molecule has 1 atom stereocenters. The van der Waals surface area contributed by atoms with Gasteiger partial charge in [-0.1, -0.05) is 36.7 Å². The summed E-state index contributed by atoms with van der Waals surface area (Å²) in [5.74, 6) is 0.482. The van der Waals surface area contributed by atoms with Crippen LogP contribution in [0.4, 0.5) is 11.5 Å². The van der Waals surface area contributed by atoms with Gasteiger partial charge >= 0.3 is 0 Å². The predicted molar refractivity (Wildman–Crippen MR) is 84.6 cm³/mol. The van der Waals surface area contributed by atoms with Crippen LogP contribution in [0.5, 0.6) is 0 Å². The van der Waals surface area contributed by atoms with Gasteiger partial charge in [0, 0.05) is 12.2 Å². The topological polar surface area (TPSA) is 59.2 Å². The Morgan fingerprint density at radius 3 is 2.90 bits per heavy atom. The average Bonchev–Trinajstić information content (AvgIpc) is 2.48. The molecule has 1 unspecified atom stereocenters. The molecule has 0 radical (unpaired) electrons. The molecule has 1 aliphatic heterocycles. The van der Waals surface area contributed by atoms with E-state index in [9.17, 15) is 4.79 Å². The van der Waals surface area contributed by atoms with Crippen molar-refractivity contribution in [1.29, 1.82) is 0 Å². The molecule has 0 fully saturated rings. The Hall–Kier alpha value is -2.07. The normalized spacial score (nSPS) is 17.4. The van der Waals surface area contributed by atoms with Crippen molar-refractivity contribution in [2.45, 2.75) is 13.3 Å². The van der Waals surface area contributed by atoms with E-state index in [1.807, 2.05) is 18.2 Å². The molecule has 4 nitrogen and oxygen atoms in total. The molecule has 0 spiro atoms. The third-order valence-corrected chi connectivity index (χ3v) is 3.97. The summed E-state index contributed by atoms with van der Waals surface area (Å²) in [7, 11) is 0. The minimum atomic E-state index is -0.202. The molecule has 21 heavy (non-hydrogen) atoms. The number of nitrogens with zero attached hydrogens (tertiary/aromatic N) is 2. The van der Waals surface area contributed by atoms with E-state index in [1.54, 1.807) is 17.0 Å². The maximum Gasteiger partial charge on any atom is 0.278 e. The number of benzene rings is 1. The van der Waals surface area contributed by atoms with E-state index in [-0.39, 0.29) is 11.6 Å². The number of hydrogen-bond acceptors (Lipinski definition) is 3. The van der Waals surface area contributed by atoms with Crippen molar-refractivity contribution in [3.8, 4) is 0 Å². The first-order valence-electron chi connectivity index (χ1n) is 6.88. The number of pyridine rings is 1. The third kappa shape index (κ3) is 2.59. The predicted octanol–water partition coefficient (Wildman–Crippen LogP) is 3.16. The molecular weight excluding hydrogens is 286 g/mol. The van der Waals surface area contributed by atoms with Crippen LogP contribution in [0.2, 0.25) is 5.02 Å². The Balaban J connectivity index is 2.04. The minimum absolute atomic E-state index is 0.202. The lowest BCUT2D eigenvalue weighted by atomic mass is 9.93. The van der Waals surface area contributed by atoms with Gasteiger partial charge in [0.15, 0.2) is 0 Å². The van der Waals surface area contributed by atoms with Gasteiger partial charge in [-0.15, -0.1) is 0 Å². The first-order valence-corrected chi connectivity index (χ1v) is 7.26. The van der Waals surface area contributed by atoms with Gasteiger partial charge < -0.3 is 10.6 Å². The number of fused-ring (bicyclic) bond motifs is 1. The smallest absolute Gasteiger partial charge is 0.278 e. The van der Waals surface area contributed by atoms with Crippen molar-refractivity contribution in [3.05, 3.63) is 52.7 Å². The fourth-order valence-corrected chi connectivity index (χ4v) is 2.91. The fourth-order valence-electron chi connectivity index (χ4n) is 2.72. The highest BCUT2D eigenvalue weighted by atomic mass is 35.5. The molecule has 0 aliphatic carbocycles. The zero-order valence-corrected chi connectivity index (χ0v) is 12.5. The van der Waals surface area contributed by atoms with Gasteiger partial charge in [0.05, 0.1) is 5.02 Å². The number of anilines is 2. The third-order valence-electron chi connectivity index (χ3n) is 3.66. The molecule has 108 valence electrons. The molecule has 3 rings (SSSR count). The molecule has 2 heterocycles. The molecule has 1 aromatic heterocycles. The summed E-state index contributed by atoms with van der Waals surface area (Å²) in [4.78, 5) is 18.7. The second-order valence-electron chi connectivity index (χ2n) is 5.42. The van der Waals surface area contributed by atoms with Crippen molar-refractivity contribution in [2.75, 3.05) is 17.2 Å². The maximum atomic E-state index is 12.8. The molecule has 1 aromatic carbocycles. The lowest BCUT2D eigenvalue weighted by molar-refractivity contribution is 0.0976. The van der Waals surface area contributed by atoms with E-state index in [2.05, 4.69) is 18.0 Å². The van der Waals surface area contributed by atoms with Crippen molar-refractivity contribution >= 4 is 29.0 Å². The summed E-state index contributed by atoms with van der Waals surface area (Å²) in [5.41, 5.74) is 7.99. The van der Waals surface area contributed by atoms with E-state index in [1.165, 1.54) is 5.56 Å². The molecule has 1 amide bonds. The van der Waals surface area contributed by atoms with Gasteiger partial charge in [0.1, 0.15) is 11.5 Å². The first-order chi connectivity index (χ1) is 10.1. The van der Waals surface area contributed by atoms with E-state index >= 15 is 0 Å². The fraction of sp³-hybridized carbons (Fsp3) is 0.250. The Morgan fingerprint density at radius 1 is 1.33 bits per heavy atom. The lowest BCUT2D eigenvalue weighted by Crippen LogP contribution is -2.39. The van der Waals surface area contributed by atoms with Crippen LogP contribution in [-0.4, -0.2) is 17.4 Å². The Labute approximate surface area is 128 Å². The van der Waals surface area contributed by atoms with Gasteiger partial charge in [0.2, 0.25) is 0 Å². The van der Waals surface area contributed by atoms with Crippen LogP contribution in [0.25, 0.3) is 0 Å². The van der Waals surface area contributed by atoms with Gasteiger partial charge in [-0.3, -0.25) is 4.79 Å². The molecule has 0 saturated carbocycles. The van der Waals surface area contributed by atoms with Crippen LogP contribution in [0.1, 0.15) is 23.0 Å². The summed E-state index contributed by atoms with van der Waals surface area (Å²) in [6.07, 6.45) is 0.970. The second-order valence-corrected chi connectivity index (χ2v) is 5.83. The van der Waals surface area contributed by atoms with Crippen LogP contribution < -0.4 is 10.6 Å². The number of aromatic nitrogens is 1. The average molecular weight is 302 g/mol. The van der Waals surface area contributed by atoms with Crippen LogP contribution in [0, 0.1) is 5.92 Å². The molecule has 0 bridgehead atoms. The molecule has 2 N–H and O–H groups in total. The van der Waals surface area contributed by atoms with E-state index in [0.717, 1.165) is 12.1 Å². The zero-order chi connectivity index (χ0) is 15.0. The number of carbonyl (C=O) groups excluding carboxylic acids is 1. The number of nitrogens with two attached hydrogens (primary N) is 1. The largest absolute Gasteiger partial charge is 0.384 e.